The Balaban J connectivity index is 2.59. The first-order chi connectivity index (χ1) is 8.40. The molecule has 0 saturated heterocycles. The number of benzene rings is 1. The highest BCUT2D eigenvalue weighted by atomic mass is 35.5. The molecule has 1 aromatic rings. The van der Waals surface area contributed by atoms with Crippen LogP contribution in [0.5, 0.6) is 0 Å². The number of carbonyl (C=O) groups is 1. The van der Waals surface area contributed by atoms with Crippen LogP contribution in [0.25, 0.3) is 0 Å². The van der Waals surface area contributed by atoms with Crippen LogP contribution in [0, 0.1) is 5.92 Å². The lowest BCUT2D eigenvalue weighted by molar-refractivity contribution is -0.118. The molecule has 3 N–H and O–H groups in total. The van der Waals surface area contributed by atoms with Gasteiger partial charge in [-0.1, -0.05) is 25.4 Å². The van der Waals surface area contributed by atoms with Gasteiger partial charge in [-0.05, 0) is 24.1 Å². The Kier molecular flexibility index (Phi) is 5.62. The third kappa shape index (κ3) is 4.66. The van der Waals surface area contributed by atoms with Gasteiger partial charge in [0.25, 0.3) is 0 Å². The lowest BCUT2D eigenvalue weighted by atomic mass is 10.2. The fourth-order valence-corrected chi connectivity index (χ4v) is 2.44. The molecule has 0 aromatic heterocycles. The molecule has 0 aliphatic heterocycles. The summed E-state index contributed by atoms with van der Waals surface area (Å²) >= 11 is 5.84. The molecular weight excluding hydrogens is 272 g/mol. The lowest BCUT2D eigenvalue weighted by Gasteiger charge is -2.08. The van der Waals surface area contributed by atoms with Crippen LogP contribution in [0.3, 0.4) is 0 Å². The molecule has 0 fully saturated rings. The van der Waals surface area contributed by atoms with Crippen LogP contribution in [0.15, 0.2) is 23.1 Å². The van der Waals surface area contributed by atoms with E-state index in [9.17, 15) is 9.00 Å². The van der Waals surface area contributed by atoms with Gasteiger partial charge in [0.2, 0.25) is 5.91 Å². The van der Waals surface area contributed by atoms with Crippen LogP contribution in [-0.2, 0) is 15.6 Å². The quantitative estimate of drug-likeness (QED) is 0.812. The maximum absolute atomic E-state index is 11.9. The van der Waals surface area contributed by atoms with Gasteiger partial charge in [0, 0.05) is 11.4 Å². The first-order valence-electron chi connectivity index (χ1n) is 5.60. The highest BCUT2D eigenvalue weighted by Gasteiger charge is 2.11. The van der Waals surface area contributed by atoms with Gasteiger partial charge in [-0.15, -0.1) is 0 Å². The summed E-state index contributed by atoms with van der Waals surface area (Å²) in [7, 11) is -1.40. The fourth-order valence-electron chi connectivity index (χ4n) is 1.22. The zero-order chi connectivity index (χ0) is 13.7. The number of nitrogen functional groups attached to an aromatic ring is 1. The van der Waals surface area contributed by atoms with E-state index in [4.69, 9.17) is 17.3 Å². The standard InChI is InChI=1S/C12H17ClN2O2S/c1-8(2)6-15-12(16)7-18(17)9-3-4-11(14)10(13)5-9/h3-5,8H,6-7,14H2,1-2H3,(H,15,16). The van der Waals surface area contributed by atoms with E-state index in [1.54, 1.807) is 12.1 Å². The Bertz CT molecular complexity index is 463. The molecule has 0 aliphatic carbocycles. The number of rotatable bonds is 5. The van der Waals surface area contributed by atoms with E-state index in [1.165, 1.54) is 6.07 Å². The van der Waals surface area contributed by atoms with Gasteiger partial charge in [0.1, 0.15) is 5.75 Å². The Morgan fingerprint density at radius 2 is 2.17 bits per heavy atom. The normalized spacial score (nSPS) is 12.4. The van der Waals surface area contributed by atoms with Gasteiger partial charge in [-0.2, -0.15) is 0 Å². The highest BCUT2D eigenvalue weighted by Crippen LogP contribution is 2.21. The van der Waals surface area contributed by atoms with E-state index in [-0.39, 0.29) is 11.7 Å². The summed E-state index contributed by atoms with van der Waals surface area (Å²) in [4.78, 5) is 12.0. The number of anilines is 1. The smallest absolute Gasteiger partial charge is 0.233 e. The molecule has 0 saturated carbocycles. The van der Waals surface area contributed by atoms with Crippen molar-refractivity contribution in [2.45, 2.75) is 18.7 Å². The minimum Gasteiger partial charge on any atom is -0.398 e. The van der Waals surface area contributed by atoms with Crippen molar-refractivity contribution >= 4 is 34.0 Å². The lowest BCUT2D eigenvalue weighted by Crippen LogP contribution is -2.31. The average molecular weight is 289 g/mol. The first kappa shape index (κ1) is 15.0. The van der Waals surface area contributed by atoms with Crippen molar-refractivity contribution in [1.29, 1.82) is 0 Å². The predicted octanol–water partition coefficient (Wildman–Crippen LogP) is 1.80. The van der Waals surface area contributed by atoms with Crippen molar-refractivity contribution in [3.8, 4) is 0 Å². The molecule has 1 unspecified atom stereocenters. The zero-order valence-corrected chi connectivity index (χ0v) is 12.0. The van der Waals surface area contributed by atoms with Gasteiger partial charge >= 0.3 is 0 Å². The average Bonchev–Trinajstić information content (AvgIpc) is 2.30. The second-order valence-electron chi connectivity index (χ2n) is 4.37. The van der Waals surface area contributed by atoms with Crippen molar-refractivity contribution < 1.29 is 9.00 Å². The molecule has 1 atom stereocenters. The van der Waals surface area contributed by atoms with Crippen molar-refractivity contribution in [1.82, 2.24) is 5.32 Å². The SMILES string of the molecule is CC(C)CNC(=O)CS(=O)c1ccc(N)c(Cl)c1. The Morgan fingerprint density at radius 3 is 2.72 bits per heavy atom. The molecule has 6 heteroatoms. The molecule has 0 radical (unpaired) electrons. The van der Waals surface area contributed by atoms with Crippen molar-refractivity contribution in [3.63, 3.8) is 0 Å². The predicted molar refractivity (Wildman–Crippen MR) is 75.0 cm³/mol. The number of carbonyl (C=O) groups excluding carboxylic acids is 1. The van der Waals surface area contributed by atoms with Crippen molar-refractivity contribution in [3.05, 3.63) is 23.2 Å². The number of nitrogens with two attached hydrogens (primary N) is 1. The van der Waals surface area contributed by atoms with E-state index < -0.39 is 10.8 Å². The summed E-state index contributed by atoms with van der Waals surface area (Å²) in [6, 6.07) is 4.73. The molecule has 1 aromatic carbocycles. The Hall–Kier alpha value is -1.07. The topological polar surface area (TPSA) is 72.2 Å². The van der Waals surface area contributed by atoms with E-state index in [2.05, 4.69) is 5.32 Å². The van der Waals surface area contributed by atoms with Crippen LogP contribution in [0.2, 0.25) is 5.02 Å². The monoisotopic (exact) mass is 288 g/mol. The van der Waals surface area contributed by atoms with Gasteiger partial charge in [-0.25, -0.2) is 0 Å². The van der Waals surface area contributed by atoms with Gasteiger partial charge < -0.3 is 11.1 Å². The molecule has 0 aliphatic rings. The first-order valence-corrected chi connectivity index (χ1v) is 7.30. The number of hydrogen-bond donors (Lipinski definition) is 2. The molecular formula is C12H17ClN2O2S. The molecule has 0 spiro atoms. The summed E-state index contributed by atoms with van der Waals surface area (Å²) in [5.74, 6) is 0.0794. The Morgan fingerprint density at radius 1 is 1.50 bits per heavy atom. The highest BCUT2D eigenvalue weighted by molar-refractivity contribution is 7.85. The summed E-state index contributed by atoms with van der Waals surface area (Å²) in [5.41, 5.74) is 5.99. The summed E-state index contributed by atoms with van der Waals surface area (Å²) in [6.07, 6.45) is 0. The summed E-state index contributed by atoms with van der Waals surface area (Å²) < 4.78 is 11.9. The van der Waals surface area contributed by atoms with Crippen LogP contribution < -0.4 is 11.1 Å². The van der Waals surface area contributed by atoms with E-state index in [0.29, 0.717) is 28.1 Å². The van der Waals surface area contributed by atoms with Crippen LogP contribution in [-0.4, -0.2) is 22.4 Å². The van der Waals surface area contributed by atoms with E-state index >= 15 is 0 Å². The summed E-state index contributed by atoms with van der Waals surface area (Å²) in [6.45, 7) is 4.58. The van der Waals surface area contributed by atoms with Gasteiger partial charge in [0.15, 0.2) is 0 Å². The van der Waals surface area contributed by atoms with Crippen molar-refractivity contribution in [2.75, 3.05) is 18.0 Å². The largest absolute Gasteiger partial charge is 0.398 e. The Labute approximate surface area is 114 Å². The molecule has 100 valence electrons. The number of halogens is 1. The summed E-state index contributed by atoms with van der Waals surface area (Å²) in [5, 5.41) is 3.07. The van der Waals surface area contributed by atoms with Crippen molar-refractivity contribution in [2.24, 2.45) is 5.92 Å². The maximum atomic E-state index is 11.9. The van der Waals surface area contributed by atoms with Gasteiger partial charge in [0.05, 0.1) is 21.5 Å². The van der Waals surface area contributed by atoms with E-state index in [1.807, 2.05) is 13.8 Å². The minimum atomic E-state index is -1.40. The molecule has 1 rings (SSSR count). The molecule has 0 bridgehead atoms. The zero-order valence-electron chi connectivity index (χ0n) is 10.4. The molecule has 4 nitrogen and oxygen atoms in total. The maximum Gasteiger partial charge on any atom is 0.233 e. The molecule has 1 amide bonds. The number of nitrogens with one attached hydrogen (secondary N) is 1. The van der Waals surface area contributed by atoms with Crippen LogP contribution in [0.4, 0.5) is 5.69 Å². The van der Waals surface area contributed by atoms with Crippen LogP contribution in [0.1, 0.15) is 13.8 Å². The van der Waals surface area contributed by atoms with E-state index in [0.717, 1.165) is 0 Å². The number of hydrogen-bond acceptors (Lipinski definition) is 3. The second-order valence-corrected chi connectivity index (χ2v) is 6.23. The minimum absolute atomic E-state index is 0.0625. The molecule has 18 heavy (non-hydrogen) atoms. The fraction of sp³-hybridized carbons (Fsp3) is 0.417. The van der Waals surface area contributed by atoms with Gasteiger partial charge in [-0.3, -0.25) is 9.00 Å². The third-order valence-corrected chi connectivity index (χ3v) is 3.84. The number of amides is 1. The van der Waals surface area contributed by atoms with Crippen LogP contribution >= 0.6 is 11.6 Å². The second kappa shape index (κ2) is 6.75. The molecule has 0 heterocycles. The third-order valence-electron chi connectivity index (χ3n) is 2.20.